The highest BCUT2D eigenvalue weighted by Crippen LogP contribution is 2.30. The van der Waals surface area contributed by atoms with Crippen LogP contribution in [-0.2, 0) is 6.42 Å². The number of anilines is 1. The maximum Gasteiger partial charge on any atom is 0.187 e. The van der Waals surface area contributed by atoms with Crippen LogP contribution in [0.1, 0.15) is 58.6 Å². The molecule has 1 atom stereocenters. The summed E-state index contributed by atoms with van der Waals surface area (Å²) in [7, 11) is 0. The number of hydrogen-bond donors (Lipinski definition) is 2. The number of rotatable bonds is 9. The van der Waals surface area contributed by atoms with Crippen molar-refractivity contribution in [2.24, 2.45) is 0 Å². The molecule has 2 aromatic carbocycles. The number of hydrogen-bond acceptors (Lipinski definition) is 5. The first-order valence-corrected chi connectivity index (χ1v) is 14.2. The molecule has 4 rings (SSSR count). The number of thiazole rings is 1. The first-order chi connectivity index (χ1) is 17.9. The van der Waals surface area contributed by atoms with E-state index in [1.165, 1.54) is 12.0 Å². The summed E-state index contributed by atoms with van der Waals surface area (Å²) in [5.41, 5.74) is 7.62. The van der Waals surface area contributed by atoms with Crippen molar-refractivity contribution >= 4 is 22.2 Å². The Hall–Kier alpha value is -3.31. The normalized spacial score (nSPS) is 14.0. The molecule has 0 amide bonds. The highest BCUT2D eigenvalue weighted by molar-refractivity contribution is 7.14. The zero-order valence-corrected chi connectivity index (χ0v) is 24.1. The molecule has 1 saturated heterocycles. The molecule has 0 unspecified atom stereocenters. The van der Waals surface area contributed by atoms with E-state index in [1.54, 1.807) is 11.3 Å². The van der Waals surface area contributed by atoms with Crippen LogP contribution in [0.4, 0.5) is 5.13 Å². The highest BCUT2D eigenvalue weighted by Gasteiger charge is 2.26. The maximum absolute atomic E-state index is 4.74. The number of likely N-dealkylation sites (tertiary alicyclic amines) is 1. The van der Waals surface area contributed by atoms with Gasteiger partial charge in [0.1, 0.15) is 0 Å². The number of benzene rings is 2. The Kier molecular flexibility index (Phi) is 12.7. The van der Waals surface area contributed by atoms with Gasteiger partial charge in [-0.3, -0.25) is 0 Å². The average molecular weight is 517 g/mol. The van der Waals surface area contributed by atoms with Crippen LogP contribution in [-0.4, -0.2) is 29.0 Å². The molecule has 5 heteroatoms. The molecular formula is C32H44N4S. The fraction of sp³-hybridized carbons (Fsp3) is 0.344. The topological polar surface area (TPSA) is 40.2 Å². The van der Waals surface area contributed by atoms with Gasteiger partial charge in [0.15, 0.2) is 5.13 Å². The van der Waals surface area contributed by atoms with E-state index in [1.807, 2.05) is 19.9 Å². The summed E-state index contributed by atoms with van der Waals surface area (Å²) in [6, 6.07) is 19.1. The molecule has 1 aliphatic heterocycles. The standard InChI is InChI=1S/C22H28N4S.C8H10.C2H6/c1-6-23-16(4)18-9-11-19(12-10-18)20-14-27-22(25-20)24-17(5)21-8-7-13-26(21)15(2)3;1-2-8-6-4-3-5-7-8;1-2/h9-12,14,21,23H,2,4-8,13H2,1,3H3,(H,24,25);3-7H,2H2,1H3;1-2H3/t21-;;/m0../s1. The molecule has 0 aliphatic carbocycles. The van der Waals surface area contributed by atoms with E-state index >= 15 is 0 Å². The molecule has 4 nitrogen and oxygen atoms in total. The number of aryl methyl sites for hydroxylation is 1. The monoisotopic (exact) mass is 516 g/mol. The average Bonchev–Trinajstić information content (AvgIpc) is 3.61. The molecule has 1 aliphatic rings. The van der Waals surface area contributed by atoms with Gasteiger partial charge in [-0.05, 0) is 44.2 Å². The highest BCUT2D eigenvalue weighted by atomic mass is 32.1. The third-order valence-corrected chi connectivity index (χ3v) is 6.85. The molecule has 2 heterocycles. The maximum atomic E-state index is 4.74. The Morgan fingerprint density at radius 3 is 2.27 bits per heavy atom. The summed E-state index contributed by atoms with van der Waals surface area (Å²) >= 11 is 1.61. The second-order valence-corrected chi connectivity index (χ2v) is 9.56. The molecule has 0 saturated carbocycles. The van der Waals surface area contributed by atoms with Crippen molar-refractivity contribution in [2.45, 2.75) is 59.9 Å². The zero-order chi connectivity index (χ0) is 27.2. The van der Waals surface area contributed by atoms with Crippen LogP contribution in [0.25, 0.3) is 17.0 Å². The fourth-order valence-electron chi connectivity index (χ4n) is 4.14. The third-order valence-electron chi connectivity index (χ3n) is 6.09. The van der Waals surface area contributed by atoms with Crippen LogP contribution >= 0.6 is 11.3 Å². The first kappa shape index (κ1) is 29.9. The molecule has 1 fully saturated rings. The quantitative estimate of drug-likeness (QED) is 0.299. The van der Waals surface area contributed by atoms with E-state index < -0.39 is 0 Å². The number of nitrogens with zero attached hydrogens (tertiary/aromatic N) is 2. The smallest absolute Gasteiger partial charge is 0.187 e. The summed E-state index contributed by atoms with van der Waals surface area (Å²) in [6.45, 7) is 24.6. The van der Waals surface area contributed by atoms with Crippen LogP contribution in [0.15, 0.2) is 91.1 Å². The molecule has 0 spiro atoms. The lowest BCUT2D eigenvalue weighted by Gasteiger charge is -2.28. The summed E-state index contributed by atoms with van der Waals surface area (Å²) in [5.74, 6) is 0. The summed E-state index contributed by atoms with van der Waals surface area (Å²) in [5, 5.41) is 9.62. The van der Waals surface area contributed by atoms with E-state index in [4.69, 9.17) is 4.98 Å². The van der Waals surface area contributed by atoms with Crippen molar-refractivity contribution in [3.05, 3.63) is 102 Å². The second-order valence-electron chi connectivity index (χ2n) is 8.70. The van der Waals surface area contributed by atoms with E-state index in [-0.39, 0.29) is 0 Å². The lowest BCUT2D eigenvalue weighted by Crippen LogP contribution is -2.31. The van der Waals surface area contributed by atoms with Gasteiger partial charge in [0.2, 0.25) is 0 Å². The van der Waals surface area contributed by atoms with Crippen molar-refractivity contribution in [1.82, 2.24) is 15.2 Å². The Morgan fingerprint density at radius 1 is 1.03 bits per heavy atom. The van der Waals surface area contributed by atoms with Crippen LogP contribution in [0.3, 0.4) is 0 Å². The lowest BCUT2D eigenvalue weighted by atomic mass is 10.1. The van der Waals surface area contributed by atoms with Crippen molar-refractivity contribution in [2.75, 3.05) is 18.4 Å². The molecule has 1 aromatic heterocycles. The predicted molar refractivity (Wildman–Crippen MR) is 165 cm³/mol. The lowest BCUT2D eigenvalue weighted by molar-refractivity contribution is 0.358. The van der Waals surface area contributed by atoms with Crippen molar-refractivity contribution < 1.29 is 0 Å². The predicted octanol–water partition coefficient (Wildman–Crippen LogP) is 8.59. The van der Waals surface area contributed by atoms with E-state index in [9.17, 15) is 0 Å². The van der Waals surface area contributed by atoms with Gasteiger partial charge in [-0.1, -0.05) is 95.1 Å². The minimum Gasteiger partial charge on any atom is -0.385 e. The fourth-order valence-corrected chi connectivity index (χ4v) is 4.89. The number of nitrogens with one attached hydrogen (secondary N) is 2. The minimum atomic E-state index is 0.297. The molecule has 0 bridgehead atoms. The van der Waals surface area contributed by atoms with Crippen molar-refractivity contribution in [1.29, 1.82) is 0 Å². The van der Waals surface area contributed by atoms with Gasteiger partial charge in [-0.2, -0.15) is 0 Å². The molecule has 3 aromatic rings. The molecule has 37 heavy (non-hydrogen) atoms. The Labute approximate surface area is 228 Å². The van der Waals surface area contributed by atoms with Crippen LogP contribution in [0.5, 0.6) is 0 Å². The summed E-state index contributed by atoms with van der Waals surface area (Å²) < 4.78 is 0. The van der Waals surface area contributed by atoms with Crippen LogP contribution in [0, 0.1) is 0 Å². The second kappa shape index (κ2) is 15.7. The third kappa shape index (κ3) is 8.94. The van der Waals surface area contributed by atoms with Crippen LogP contribution < -0.4 is 10.6 Å². The minimum absolute atomic E-state index is 0.297. The molecule has 2 N–H and O–H groups in total. The van der Waals surface area contributed by atoms with Gasteiger partial charge in [-0.25, -0.2) is 4.98 Å². The van der Waals surface area contributed by atoms with E-state index in [2.05, 4.69) is 110 Å². The van der Waals surface area contributed by atoms with E-state index in [0.29, 0.717) is 6.04 Å². The Bertz CT molecular complexity index is 1120. The first-order valence-electron chi connectivity index (χ1n) is 13.3. The molecule has 198 valence electrons. The summed E-state index contributed by atoms with van der Waals surface area (Å²) in [4.78, 5) is 7.06. The van der Waals surface area contributed by atoms with Gasteiger partial charge in [0.25, 0.3) is 0 Å². The number of aromatic nitrogens is 1. The molecule has 0 radical (unpaired) electrons. The SMILES string of the molecule is C=C(NCC)c1ccc(-c2csc(NC(=C)[C@@H]3CCCN3C(=C)C)n2)cc1.CC.CCc1ccccc1. The summed E-state index contributed by atoms with van der Waals surface area (Å²) in [6.07, 6.45) is 3.42. The largest absolute Gasteiger partial charge is 0.385 e. The Morgan fingerprint density at radius 2 is 1.70 bits per heavy atom. The van der Waals surface area contributed by atoms with Gasteiger partial charge in [0.05, 0.1) is 11.7 Å². The number of allylic oxidation sites excluding steroid dienone is 1. The van der Waals surface area contributed by atoms with Gasteiger partial charge in [-0.15, -0.1) is 11.3 Å². The van der Waals surface area contributed by atoms with E-state index in [0.717, 1.165) is 65.0 Å². The van der Waals surface area contributed by atoms with Gasteiger partial charge in [0, 0.05) is 41.1 Å². The van der Waals surface area contributed by atoms with Gasteiger partial charge < -0.3 is 15.5 Å². The molecular weight excluding hydrogens is 472 g/mol. The van der Waals surface area contributed by atoms with Crippen molar-refractivity contribution in [3.8, 4) is 11.3 Å². The van der Waals surface area contributed by atoms with Crippen molar-refractivity contribution in [3.63, 3.8) is 0 Å². The zero-order valence-electron chi connectivity index (χ0n) is 23.3. The Balaban J connectivity index is 0.000000406. The van der Waals surface area contributed by atoms with Crippen LogP contribution in [0.2, 0.25) is 0 Å². The van der Waals surface area contributed by atoms with Gasteiger partial charge >= 0.3 is 0 Å².